The minimum Gasteiger partial charge on any atom is -0.397 e. The summed E-state index contributed by atoms with van der Waals surface area (Å²) < 4.78 is 0. The van der Waals surface area contributed by atoms with E-state index in [0.717, 1.165) is 18.1 Å². The lowest BCUT2D eigenvalue weighted by Gasteiger charge is -2.32. The lowest BCUT2D eigenvalue weighted by atomic mass is 10.2. The zero-order valence-electron chi connectivity index (χ0n) is 10.9. The quantitative estimate of drug-likeness (QED) is 0.841. The van der Waals surface area contributed by atoms with E-state index < -0.39 is 0 Å². The molecule has 1 fully saturated rings. The monoisotopic (exact) mass is 299 g/mol. The molecule has 4 nitrogen and oxygen atoms in total. The average Bonchev–Trinajstić information content (AvgIpc) is 2.37. The molecule has 0 radical (unpaired) electrons. The number of hydrogen-bond donors (Lipinski definition) is 2. The fourth-order valence-electron chi connectivity index (χ4n) is 2.00. The summed E-state index contributed by atoms with van der Waals surface area (Å²) in [5.74, 6) is 2.16. The van der Waals surface area contributed by atoms with E-state index in [0.29, 0.717) is 29.0 Å². The Hall–Kier alpha value is -0.910. The van der Waals surface area contributed by atoms with Gasteiger partial charge in [0.15, 0.2) is 0 Å². The van der Waals surface area contributed by atoms with Crippen LogP contribution in [0.3, 0.4) is 0 Å². The maximum atomic E-state index is 12.0. The zero-order valence-corrected chi connectivity index (χ0v) is 12.4. The van der Waals surface area contributed by atoms with E-state index >= 15 is 0 Å². The van der Waals surface area contributed by atoms with Crippen molar-refractivity contribution in [2.75, 3.05) is 35.6 Å². The van der Waals surface area contributed by atoms with Crippen molar-refractivity contribution in [2.24, 2.45) is 0 Å². The van der Waals surface area contributed by atoms with E-state index in [1.54, 1.807) is 18.2 Å². The van der Waals surface area contributed by atoms with Crippen LogP contribution >= 0.6 is 23.4 Å². The topological polar surface area (TPSA) is 58.4 Å². The molecular formula is C13H18ClN3OS. The van der Waals surface area contributed by atoms with E-state index in [-0.39, 0.29) is 5.91 Å². The maximum absolute atomic E-state index is 12.0. The molecule has 0 bridgehead atoms. The van der Waals surface area contributed by atoms with Gasteiger partial charge >= 0.3 is 0 Å². The Labute approximate surface area is 122 Å². The molecule has 0 saturated carbocycles. The highest BCUT2D eigenvalue weighted by Crippen LogP contribution is 2.22. The van der Waals surface area contributed by atoms with Gasteiger partial charge in [-0.1, -0.05) is 11.6 Å². The molecule has 0 aromatic heterocycles. The molecule has 1 heterocycles. The molecule has 1 saturated heterocycles. The molecule has 6 heteroatoms. The number of thioether (sulfide) groups is 1. The Morgan fingerprint density at radius 1 is 1.63 bits per heavy atom. The zero-order chi connectivity index (χ0) is 13.8. The van der Waals surface area contributed by atoms with E-state index in [1.807, 2.05) is 11.8 Å². The summed E-state index contributed by atoms with van der Waals surface area (Å²) in [7, 11) is 0. The summed E-state index contributed by atoms with van der Waals surface area (Å²) in [6, 6.07) is 5.56. The van der Waals surface area contributed by atoms with Gasteiger partial charge in [-0.3, -0.25) is 9.69 Å². The smallest absolute Gasteiger partial charge is 0.238 e. The lowest BCUT2D eigenvalue weighted by molar-refractivity contribution is -0.117. The second kappa shape index (κ2) is 6.50. The predicted molar refractivity (Wildman–Crippen MR) is 82.9 cm³/mol. The van der Waals surface area contributed by atoms with Crippen LogP contribution in [0.1, 0.15) is 6.92 Å². The van der Waals surface area contributed by atoms with Crippen LogP contribution in [0, 0.1) is 0 Å². The summed E-state index contributed by atoms with van der Waals surface area (Å²) >= 11 is 7.78. The van der Waals surface area contributed by atoms with E-state index in [2.05, 4.69) is 17.1 Å². The van der Waals surface area contributed by atoms with Crippen LogP contribution < -0.4 is 11.1 Å². The molecule has 3 N–H and O–H groups in total. The van der Waals surface area contributed by atoms with Crippen molar-refractivity contribution >= 4 is 40.6 Å². The normalized spacial score (nSPS) is 20.2. The van der Waals surface area contributed by atoms with Gasteiger partial charge in [-0.05, 0) is 25.1 Å². The van der Waals surface area contributed by atoms with E-state index in [4.69, 9.17) is 17.3 Å². The molecule has 2 rings (SSSR count). The molecule has 1 aliphatic heterocycles. The summed E-state index contributed by atoms with van der Waals surface area (Å²) in [5.41, 5.74) is 6.87. The highest BCUT2D eigenvalue weighted by molar-refractivity contribution is 7.99. The molecule has 1 aromatic carbocycles. The van der Waals surface area contributed by atoms with Crippen molar-refractivity contribution in [3.8, 4) is 0 Å². The van der Waals surface area contributed by atoms with Crippen molar-refractivity contribution in [1.29, 1.82) is 0 Å². The number of nitrogen functional groups attached to an aromatic ring is 1. The number of rotatable bonds is 3. The molecule has 1 aromatic rings. The van der Waals surface area contributed by atoms with Gasteiger partial charge in [0.05, 0.1) is 17.3 Å². The molecule has 1 unspecified atom stereocenters. The minimum absolute atomic E-state index is 0.0135. The Bertz CT molecular complexity index is 469. The van der Waals surface area contributed by atoms with Crippen molar-refractivity contribution in [3.63, 3.8) is 0 Å². The molecular weight excluding hydrogens is 282 g/mol. The van der Waals surface area contributed by atoms with Crippen LogP contribution in [0.2, 0.25) is 5.02 Å². The van der Waals surface area contributed by atoms with Crippen LogP contribution in [0.4, 0.5) is 11.4 Å². The Balaban J connectivity index is 1.91. The van der Waals surface area contributed by atoms with Crippen molar-refractivity contribution in [2.45, 2.75) is 13.0 Å². The Kier molecular flexibility index (Phi) is 4.96. The van der Waals surface area contributed by atoms with Gasteiger partial charge in [0, 0.05) is 29.8 Å². The Morgan fingerprint density at radius 3 is 3.11 bits per heavy atom. The third-order valence-corrected chi connectivity index (χ3v) is 4.67. The van der Waals surface area contributed by atoms with Crippen LogP contribution in [0.15, 0.2) is 18.2 Å². The number of carbonyl (C=O) groups excluding carboxylic acids is 1. The number of benzene rings is 1. The van der Waals surface area contributed by atoms with Gasteiger partial charge in [0.2, 0.25) is 5.91 Å². The fraction of sp³-hybridized carbons (Fsp3) is 0.462. The van der Waals surface area contributed by atoms with Crippen LogP contribution in [-0.2, 0) is 4.79 Å². The maximum Gasteiger partial charge on any atom is 0.238 e. The third kappa shape index (κ3) is 4.03. The summed E-state index contributed by atoms with van der Waals surface area (Å²) in [5, 5.41) is 3.35. The number of amides is 1. The number of carbonyl (C=O) groups is 1. The van der Waals surface area contributed by atoms with Gasteiger partial charge in [0.1, 0.15) is 0 Å². The van der Waals surface area contributed by atoms with Crippen molar-refractivity contribution < 1.29 is 4.79 Å². The first-order valence-electron chi connectivity index (χ1n) is 6.23. The van der Waals surface area contributed by atoms with Gasteiger partial charge in [0.25, 0.3) is 0 Å². The van der Waals surface area contributed by atoms with Crippen LogP contribution in [0.25, 0.3) is 0 Å². The van der Waals surface area contributed by atoms with Crippen molar-refractivity contribution in [1.82, 2.24) is 4.90 Å². The fourth-order valence-corrected chi connectivity index (χ4v) is 3.20. The number of nitrogens with two attached hydrogens (primary N) is 1. The van der Waals surface area contributed by atoms with Gasteiger partial charge in [-0.25, -0.2) is 0 Å². The van der Waals surface area contributed by atoms with Crippen molar-refractivity contribution in [3.05, 3.63) is 23.2 Å². The molecule has 1 aliphatic rings. The Morgan fingerprint density at radius 2 is 2.42 bits per heavy atom. The van der Waals surface area contributed by atoms with Gasteiger partial charge < -0.3 is 11.1 Å². The molecule has 1 amide bonds. The van der Waals surface area contributed by atoms with Crippen LogP contribution in [0.5, 0.6) is 0 Å². The highest BCUT2D eigenvalue weighted by atomic mass is 35.5. The number of halogens is 1. The van der Waals surface area contributed by atoms with Gasteiger partial charge in [-0.15, -0.1) is 0 Å². The molecule has 19 heavy (non-hydrogen) atoms. The van der Waals surface area contributed by atoms with E-state index in [1.165, 1.54) is 0 Å². The third-order valence-electron chi connectivity index (χ3n) is 3.13. The first-order valence-corrected chi connectivity index (χ1v) is 7.76. The van der Waals surface area contributed by atoms with Crippen LogP contribution in [-0.4, -0.2) is 41.4 Å². The summed E-state index contributed by atoms with van der Waals surface area (Å²) in [4.78, 5) is 14.2. The summed E-state index contributed by atoms with van der Waals surface area (Å²) in [6.07, 6.45) is 0. The number of hydrogen-bond acceptors (Lipinski definition) is 4. The first-order chi connectivity index (χ1) is 9.06. The molecule has 104 valence electrons. The second-order valence-corrected chi connectivity index (χ2v) is 6.24. The molecule has 1 atom stereocenters. The number of anilines is 2. The van der Waals surface area contributed by atoms with E-state index in [9.17, 15) is 4.79 Å². The first kappa shape index (κ1) is 14.5. The average molecular weight is 300 g/mol. The second-order valence-electron chi connectivity index (χ2n) is 4.68. The van der Waals surface area contributed by atoms with Gasteiger partial charge in [-0.2, -0.15) is 11.8 Å². The predicted octanol–water partition coefficient (Wildman–Crippen LogP) is 2.30. The largest absolute Gasteiger partial charge is 0.397 e. The summed E-state index contributed by atoms with van der Waals surface area (Å²) in [6.45, 7) is 3.53. The lowest BCUT2D eigenvalue weighted by Crippen LogP contribution is -2.44. The molecule has 0 aliphatic carbocycles. The molecule has 0 spiro atoms. The minimum atomic E-state index is -0.0135. The highest BCUT2D eigenvalue weighted by Gasteiger charge is 2.20. The SMILES string of the molecule is CC1CSCCN1CC(=O)Nc1ccc(Cl)c(N)c1. The number of nitrogens with zero attached hydrogens (tertiary/aromatic N) is 1. The number of nitrogens with one attached hydrogen (secondary N) is 1. The standard InChI is InChI=1S/C13H18ClN3OS/c1-9-8-19-5-4-17(9)7-13(18)16-10-2-3-11(14)12(15)6-10/h2-3,6,9H,4-5,7-8,15H2,1H3,(H,16,18).